The maximum atomic E-state index is 10.4. The molecular formula is C14H31NO2. The topological polar surface area (TPSA) is 63.3 Å². The highest BCUT2D eigenvalue weighted by Crippen LogP contribution is 2.10. The van der Waals surface area contributed by atoms with Crippen molar-refractivity contribution in [1.82, 2.24) is 0 Å². The number of aliphatic hydroxyl groups is 1. The van der Waals surface area contributed by atoms with Crippen LogP contribution in [0.3, 0.4) is 0 Å². The molecule has 0 saturated heterocycles. The molecule has 0 atom stereocenters. The molecule has 17 heavy (non-hydrogen) atoms. The fraction of sp³-hybridized carbons (Fsp3) is 0.929. The molecule has 1 amide bonds. The molecular weight excluding hydrogens is 214 g/mol. The van der Waals surface area contributed by atoms with Crippen molar-refractivity contribution in [2.75, 3.05) is 6.61 Å². The van der Waals surface area contributed by atoms with E-state index < -0.39 is 0 Å². The Kier molecular flexibility index (Phi) is 19.7. The molecule has 0 aliphatic rings. The summed E-state index contributed by atoms with van der Waals surface area (Å²) < 4.78 is 0. The molecule has 104 valence electrons. The molecule has 0 saturated carbocycles. The van der Waals surface area contributed by atoms with Crippen LogP contribution in [0.4, 0.5) is 0 Å². The van der Waals surface area contributed by atoms with Gasteiger partial charge in [0.05, 0.1) is 0 Å². The zero-order chi connectivity index (χ0) is 13.4. The predicted molar refractivity (Wildman–Crippen MR) is 73.8 cm³/mol. The van der Waals surface area contributed by atoms with E-state index in [1.807, 2.05) is 0 Å². The van der Waals surface area contributed by atoms with Crippen LogP contribution in [-0.4, -0.2) is 17.6 Å². The highest BCUT2D eigenvalue weighted by molar-refractivity contribution is 5.73. The lowest BCUT2D eigenvalue weighted by atomic mass is 10.1. The van der Waals surface area contributed by atoms with Gasteiger partial charge in [-0.1, -0.05) is 58.3 Å². The number of nitrogens with two attached hydrogens (primary N) is 1. The van der Waals surface area contributed by atoms with E-state index >= 15 is 0 Å². The average Bonchev–Trinajstić information content (AvgIpc) is 2.27. The van der Waals surface area contributed by atoms with E-state index in [1.54, 1.807) is 6.92 Å². The molecule has 0 fully saturated rings. The summed E-state index contributed by atoms with van der Waals surface area (Å²) in [6.45, 7) is 4.17. The maximum absolute atomic E-state index is 10.4. The van der Waals surface area contributed by atoms with Crippen LogP contribution in [0.25, 0.3) is 0 Å². The van der Waals surface area contributed by atoms with Gasteiger partial charge in [-0.25, -0.2) is 0 Å². The predicted octanol–water partition coefficient (Wildman–Crippen LogP) is 3.39. The highest BCUT2D eigenvalue weighted by Gasteiger charge is 1.94. The quantitative estimate of drug-likeness (QED) is 0.579. The molecule has 0 aromatic heterocycles. The van der Waals surface area contributed by atoms with Crippen molar-refractivity contribution in [2.24, 2.45) is 5.73 Å². The van der Waals surface area contributed by atoms with Crippen molar-refractivity contribution in [1.29, 1.82) is 0 Å². The van der Waals surface area contributed by atoms with Crippen LogP contribution in [-0.2, 0) is 4.79 Å². The summed E-state index contributed by atoms with van der Waals surface area (Å²) in [5, 5.41) is 7.57. The molecule has 0 bridgehead atoms. The van der Waals surface area contributed by atoms with Crippen molar-refractivity contribution in [3.63, 3.8) is 0 Å². The summed E-state index contributed by atoms with van der Waals surface area (Å²) in [6.07, 6.45) is 12.1. The van der Waals surface area contributed by atoms with Gasteiger partial charge >= 0.3 is 0 Å². The number of aliphatic hydroxyl groups excluding tert-OH is 1. The van der Waals surface area contributed by atoms with Crippen molar-refractivity contribution in [3.05, 3.63) is 0 Å². The Morgan fingerprint density at radius 3 is 1.59 bits per heavy atom. The van der Waals surface area contributed by atoms with Crippen molar-refractivity contribution in [3.8, 4) is 0 Å². The minimum Gasteiger partial charge on any atom is -0.397 e. The summed E-state index contributed by atoms with van der Waals surface area (Å²) in [7, 11) is 0. The molecule has 0 heterocycles. The number of carbonyl (C=O) groups is 1. The van der Waals surface area contributed by atoms with Crippen LogP contribution in [0.15, 0.2) is 0 Å². The van der Waals surface area contributed by atoms with Crippen molar-refractivity contribution in [2.45, 2.75) is 78.1 Å². The Balaban J connectivity index is 0. The first-order chi connectivity index (χ1) is 8.18. The standard InChI is InChI=1S/C12H25NO.C2H6O/c1-2-3-4-5-6-7-8-9-10-11-12(13)14;1-2-3/h2-11H2,1H3,(H2,13,14);3H,2H2,1H3. The second-order valence-electron chi connectivity index (χ2n) is 4.36. The number of hydrogen-bond donors (Lipinski definition) is 2. The molecule has 0 unspecified atom stereocenters. The SMILES string of the molecule is CCCCCCCCCCCC(N)=O.CCO. The lowest BCUT2D eigenvalue weighted by Gasteiger charge is -2.00. The minimum absolute atomic E-state index is 0.159. The molecule has 0 aromatic rings. The van der Waals surface area contributed by atoms with Gasteiger partial charge in [0.2, 0.25) is 5.91 Å². The Hall–Kier alpha value is -0.570. The monoisotopic (exact) mass is 245 g/mol. The van der Waals surface area contributed by atoms with Gasteiger partial charge in [0.1, 0.15) is 0 Å². The lowest BCUT2D eigenvalue weighted by Crippen LogP contribution is -2.09. The summed E-state index contributed by atoms with van der Waals surface area (Å²) >= 11 is 0. The van der Waals surface area contributed by atoms with E-state index in [2.05, 4.69) is 6.92 Å². The Labute approximate surface area is 107 Å². The van der Waals surface area contributed by atoms with E-state index in [1.165, 1.54) is 44.9 Å². The van der Waals surface area contributed by atoms with Gasteiger partial charge in [-0.15, -0.1) is 0 Å². The van der Waals surface area contributed by atoms with Crippen molar-refractivity contribution < 1.29 is 9.90 Å². The zero-order valence-corrected chi connectivity index (χ0v) is 11.7. The van der Waals surface area contributed by atoms with Crippen LogP contribution in [0, 0.1) is 0 Å². The minimum atomic E-state index is -0.159. The largest absolute Gasteiger partial charge is 0.397 e. The molecule has 3 N–H and O–H groups in total. The Bertz CT molecular complexity index is 149. The first-order valence-corrected chi connectivity index (χ1v) is 7.08. The second kappa shape index (κ2) is 17.8. The number of primary amides is 1. The molecule has 3 heteroatoms. The number of carbonyl (C=O) groups excluding carboxylic acids is 1. The summed E-state index contributed by atoms with van der Waals surface area (Å²) in [6, 6.07) is 0. The van der Waals surface area contributed by atoms with Gasteiger partial charge in [0.15, 0.2) is 0 Å². The molecule has 0 spiro atoms. The molecule has 0 aromatic carbocycles. The molecule has 0 rings (SSSR count). The van der Waals surface area contributed by atoms with Crippen LogP contribution in [0.1, 0.15) is 78.1 Å². The first kappa shape index (κ1) is 18.8. The molecule has 0 aliphatic carbocycles. The smallest absolute Gasteiger partial charge is 0.217 e. The van der Waals surface area contributed by atoms with Gasteiger partial charge < -0.3 is 10.8 Å². The summed E-state index contributed by atoms with van der Waals surface area (Å²) in [5.74, 6) is -0.159. The normalized spacial score (nSPS) is 9.59. The van der Waals surface area contributed by atoms with E-state index in [-0.39, 0.29) is 12.5 Å². The van der Waals surface area contributed by atoms with Gasteiger partial charge in [0, 0.05) is 13.0 Å². The van der Waals surface area contributed by atoms with Gasteiger partial charge in [0.25, 0.3) is 0 Å². The third-order valence-electron chi connectivity index (χ3n) is 2.53. The number of unbranched alkanes of at least 4 members (excludes halogenated alkanes) is 8. The van der Waals surface area contributed by atoms with Crippen LogP contribution in [0.5, 0.6) is 0 Å². The fourth-order valence-corrected chi connectivity index (χ4v) is 1.61. The molecule has 0 aliphatic heterocycles. The van der Waals surface area contributed by atoms with Crippen LogP contribution < -0.4 is 5.73 Å². The molecule has 0 radical (unpaired) electrons. The van der Waals surface area contributed by atoms with E-state index in [0.717, 1.165) is 12.8 Å². The third-order valence-corrected chi connectivity index (χ3v) is 2.53. The van der Waals surface area contributed by atoms with E-state index in [4.69, 9.17) is 10.8 Å². The van der Waals surface area contributed by atoms with E-state index in [0.29, 0.717) is 6.42 Å². The zero-order valence-electron chi connectivity index (χ0n) is 11.7. The van der Waals surface area contributed by atoms with Gasteiger partial charge in [-0.05, 0) is 13.3 Å². The van der Waals surface area contributed by atoms with Gasteiger partial charge in [-0.3, -0.25) is 4.79 Å². The summed E-state index contributed by atoms with van der Waals surface area (Å²) in [5.41, 5.74) is 5.05. The first-order valence-electron chi connectivity index (χ1n) is 7.08. The fourth-order valence-electron chi connectivity index (χ4n) is 1.61. The summed E-state index contributed by atoms with van der Waals surface area (Å²) in [4.78, 5) is 10.4. The van der Waals surface area contributed by atoms with Crippen molar-refractivity contribution >= 4 is 5.91 Å². The number of rotatable bonds is 10. The number of amides is 1. The molecule has 3 nitrogen and oxygen atoms in total. The highest BCUT2D eigenvalue weighted by atomic mass is 16.2. The third kappa shape index (κ3) is 25.6. The second-order valence-corrected chi connectivity index (χ2v) is 4.36. The Morgan fingerprint density at radius 1 is 0.882 bits per heavy atom. The average molecular weight is 245 g/mol. The maximum Gasteiger partial charge on any atom is 0.217 e. The van der Waals surface area contributed by atoms with Gasteiger partial charge in [-0.2, -0.15) is 0 Å². The number of hydrogen-bond acceptors (Lipinski definition) is 2. The van der Waals surface area contributed by atoms with Crippen LogP contribution in [0.2, 0.25) is 0 Å². The lowest BCUT2D eigenvalue weighted by molar-refractivity contribution is -0.118. The van der Waals surface area contributed by atoms with E-state index in [9.17, 15) is 4.79 Å². The van der Waals surface area contributed by atoms with Crippen LogP contribution >= 0.6 is 0 Å². The Morgan fingerprint density at radius 2 is 1.24 bits per heavy atom.